The van der Waals surface area contributed by atoms with Crippen molar-refractivity contribution in [3.63, 3.8) is 0 Å². The number of aromatic nitrogens is 2. The van der Waals surface area contributed by atoms with Crippen molar-refractivity contribution in [1.29, 1.82) is 0 Å². The van der Waals surface area contributed by atoms with E-state index in [2.05, 4.69) is 47.8 Å². The van der Waals surface area contributed by atoms with Gasteiger partial charge in [-0.25, -0.2) is 0 Å². The Hall–Kier alpha value is -1.39. The molecular formula is C17H25N3O. The predicted molar refractivity (Wildman–Crippen MR) is 85.1 cm³/mol. The molecule has 1 saturated carbocycles. The normalized spacial score (nSPS) is 23.0. The first-order valence-electron chi connectivity index (χ1n) is 8.03. The van der Waals surface area contributed by atoms with Gasteiger partial charge < -0.3 is 5.11 Å². The maximum absolute atomic E-state index is 10.2. The molecule has 4 heteroatoms. The lowest BCUT2D eigenvalue weighted by Gasteiger charge is -2.34. The summed E-state index contributed by atoms with van der Waals surface area (Å²) >= 11 is 0. The van der Waals surface area contributed by atoms with Gasteiger partial charge in [0.05, 0.1) is 17.3 Å². The van der Waals surface area contributed by atoms with E-state index in [0.717, 1.165) is 38.0 Å². The van der Waals surface area contributed by atoms with Crippen LogP contribution in [0.4, 0.5) is 0 Å². The average molecular weight is 287 g/mol. The van der Waals surface area contributed by atoms with Crippen molar-refractivity contribution in [3.05, 3.63) is 30.0 Å². The lowest BCUT2D eigenvalue weighted by Crippen LogP contribution is -2.42. The lowest BCUT2D eigenvalue weighted by molar-refractivity contribution is 0.0284. The Morgan fingerprint density at radius 2 is 2.05 bits per heavy atom. The highest BCUT2D eigenvalue weighted by Gasteiger charge is 2.27. The Kier molecular flexibility index (Phi) is 4.27. The van der Waals surface area contributed by atoms with Gasteiger partial charge in [0.2, 0.25) is 0 Å². The van der Waals surface area contributed by atoms with Crippen LogP contribution in [0.1, 0.15) is 38.3 Å². The summed E-state index contributed by atoms with van der Waals surface area (Å²) in [4.78, 5) is 2.28. The van der Waals surface area contributed by atoms with Gasteiger partial charge in [-0.3, -0.25) is 9.58 Å². The average Bonchev–Trinajstić information content (AvgIpc) is 2.86. The zero-order valence-electron chi connectivity index (χ0n) is 13.0. The minimum atomic E-state index is -0.191. The van der Waals surface area contributed by atoms with Crippen LogP contribution in [-0.4, -0.2) is 39.0 Å². The molecule has 1 aliphatic rings. The maximum Gasteiger partial charge on any atom is 0.0843 e. The Morgan fingerprint density at radius 1 is 1.29 bits per heavy atom. The summed E-state index contributed by atoms with van der Waals surface area (Å²) in [6, 6.07) is 8.68. The molecule has 1 heterocycles. The van der Waals surface area contributed by atoms with Crippen molar-refractivity contribution in [1.82, 2.24) is 14.7 Å². The van der Waals surface area contributed by atoms with Crippen LogP contribution in [0.3, 0.4) is 0 Å². The Bertz CT molecular complexity index is 607. The lowest BCUT2D eigenvalue weighted by atomic mass is 9.91. The fourth-order valence-corrected chi connectivity index (χ4v) is 3.51. The number of fused-ring (bicyclic) bond motifs is 1. The smallest absolute Gasteiger partial charge is 0.0843 e. The van der Waals surface area contributed by atoms with Crippen LogP contribution in [0.5, 0.6) is 0 Å². The monoisotopic (exact) mass is 287 g/mol. The molecule has 0 spiro atoms. The van der Waals surface area contributed by atoms with Crippen LogP contribution in [0.15, 0.2) is 24.3 Å². The molecule has 0 aliphatic heterocycles. The van der Waals surface area contributed by atoms with E-state index < -0.39 is 0 Å². The van der Waals surface area contributed by atoms with Gasteiger partial charge in [-0.2, -0.15) is 5.10 Å². The standard InChI is InChI=1S/C17H25N3O/c1-3-20-15-9-5-4-8-13(15)14(18-20)12-19(2)16-10-6-7-11-17(16)21/h4-5,8-9,16-17,21H,3,6-7,10-12H2,1-2H3. The predicted octanol–water partition coefficient (Wildman–Crippen LogP) is 2.79. The number of nitrogens with zero attached hydrogens (tertiary/aromatic N) is 3. The van der Waals surface area contributed by atoms with E-state index in [1.165, 1.54) is 17.3 Å². The minimum Gasteiger partial charge on any atom is -0.391 e. The number of benzene rings is 1. The first kappa shape index (κ1) is 14.5. The zero-order valence-corrected chi connectivity index (χ0v) is 13.0. The number of rotatable bonds is 4. The van der Waals surface area contributed by atoms with Gasteiger partial charge in [-0.15, -0.1) is 0 Å². The van der Waals surface area contributed by atoms with E-state index in [-0.39, 0.29) is 12.1 Å². The highest BCUT2D eigenvalue weighted by Crippen LogP contribution is 2.25. The second-order valence-corrected chi connectivity index (χ2v) is 6.11. The van der Waals surface area contributed by atoms with Crippen molar-refractivity contribution < 1.29 is 5.11 Å². The number of aryl methyl sites for hydroxylation is 1. The first-order valence-corrected chi connectivity index (χ1v) is 8.03. The van der Waals surface area contributed by atoms with E-state index in [0.29, 0.717) is 0 Å². The van der Waals surface area contributed by atoms with Crippen LogP contribution in [0.2, 0.25) is 0 Å². The van der Waals surface area contributed by atoms with E-state index in [1.807, 2.05) is 0 Å². The Balaban J connectivity index is 1.84. The molecule has 0 saturated heterocycles. The number of hydrogen-bond donors (Lipinski definition) is 1. The number of para-hydroxylation sites is 1. The SMILES string of the molecule is CCn1nc(CN(C)C2CCCCC2O)c2ccccc21. The molecule has 1 aromatic carbocycles. The summed E-state index contributed by atoms with van der Waals surface area (Å²) in [5.74, 6) is 0. The third-order valence-electron chi connectivity index (χ3n) is 4.69. The van der Waals surface area contributed by atoms with Gasteiger partial charge in [0, 0.05) is 24.5 Å². The highest BCUT2D eigenvalue weighted by molar-refractivity contribution is 5.81. The molecule has 3 rings (SSSR count). The van der Waals surface area contributed by atoms with Crippen LogP contribution in [-0.2, 0) is 13.1 Å². The molecule has 21 heavy (non-hydrogen) atoms. The summed E-state index contributed by atoms with van der Waals surface area (Å²) in [6.45, 7) is 3.81. The van der Waals surface area contributed by atoms with E-state index in [4.69, 9.17) is 5.10 Å². The molecule has 1 fully saturated rings. The van der Waals surface area contributed by atoms with E-state index >= 15 is 0 Å². The third-order valence-corrected chi connectivity index (χ3v) is 4.69. The fraction of sp³-hybridized carbons (Fsp3) is 0.588. The van der Waals surface area contributed by atoms with Gasteiger partial charge in [-0.05, 0) is 32.9 Å². The molecule has 1 aromatic heterocycles. The van der Waals surface area contributed by atoms with Gasteiger partial charge >= 0.3 is 0 Å². The molecule has 0 bridgehead atoms. The highest BCUT2D eigenvalue weighted by atomic mass is 16.3. The number of aliphatic hydroxyl groups is 1. The first-order chi connectivity index (χ1) is 10.2. The Labute approximate surface area is 126 Å². The van der Waals surface area contributed by atoms with Crippen molar-refractivity contribution in [2.24, 2.45) is 0 Å². The molecule has 2 aromatic rings. The minimum absolute atomic E-state index is 0.191. The van der Waals surface area contributed by atoms with Gasteiger partial charge in [0.25, 0.3) is 0 Å². The van der Waals surface area contributed by atoms with Gasteiger partial charge in [0.1, 0.15) is 0 Å². The van der Waals surface area contributed by atoms with Gasteiger partial charge in [0.15, 0.2) is 0 Å². The summed E-state index contributed by atoms with van der Waals surface area (Å²) in [6.07, 6.45) is 4.20. The molecule has 1 aliphatic carbocycles. The van der Waals surface area contributed by atoms with Crippen LogP contribution < -0.4 is 0 Å². The summed E-state index contributed by atoms with van der Waals surface area (Å²) in [5, 5.41) is 16.2. The number of hydrogen-bond acceptors (Lipinski definition) is 3. The summed E-state index contributed by atoms with van der Waals surface area (Å²) in [5.41, 5.74) is 2.32. The van der Waals surface area contributed by atoms with Crippen molar-refractivity contribution in [2.45, 2.75) is 57.8 Å². The van der Waals surface area contributed by atoms with E-state index in [9.17, 15) is 5.11 Å². The topological polar surface area (TPSA) is 41.3 Å². The molecular weight excluding hydrogens is 262 g/mol. The van der Waals surface area contributed by atoms with Crippen LogP contribution >= 0.6 is 0 Å². The van der Waals surface area contributed by atoms with E-state index in [1.54, 1.807) is 0 Å². The van der Waals surface area contributed by atoms with Gasteiger partial charge in [-0.1, -0.05) is 31.0 Å². The van der Waals surface area contributed by atoms with Crippen molar-refractivity contribution >= 4 is 10.9 Å². The van der Waals surface area contributed by atoms with Crippen molar-refractivity contribution in [2.75, 3.05) is 7.05 Å². The molecule has 2 atom stereocenters. The molecule has 114 valence electrons. The molecule has 4 nitrogen and oxygen atoms in total. The molecule has 2 unspecified atom stereocenters. The quantitative estimate of drug-likeness (QED) is 0.940. The maximum atomic E-state index is 10.2. The van der Waals surface area contributed by atoms with Crippen molar-refractivity contribution in [3.8, 4) is 0 Å². The molecule has 0 amide bonds. The third kappa shape index (κ3) is 2.83. The number of aliphatic hydroxyl groups excluding tert-OH is 1. The summed E-state index contributed by atoms with van der Waals surface area (Å²) < 4.78 is 2.07. The van der Waals surface area contributed by atoms with Crippen LogP contribution in [0, 0.1) is 0 Å². The number of likely N-dealkylation sites (N-methyl/N-ethyl adjacent to an activating group) is 1. The van der Waals surface area contributed by atoms with Crippen LogP contribution in [0.25, 0.3) is 10.9 Å². The molecule has 0 radical (unpaired) electrons. The Morgan fingerprint density at radius 3 is 2.81 bits per heavy atom. The fourth-order valence-electron chi connectivity index (χ4n) is 3.51. The molecule has 1 N–H and O–H groups in total. The largest absolute Gasteiger partial charge is 0.391 e. The summed E-state index contributed by atoms with van der Waals surface area (Å²) in [7, 11) is 2.11. The zero-order chi connectivity index (χ0) is 14.8. The second-order valence-electron chi connectivity index (χ2n) is 6.11. The second kappa shape index (κ2) is 6.16.